The largest absolute Gasteiger partial charge is 0.415 e. The lowest BCUT2D eigenvalue weighted by Crippen LogP contribution is -2.46. The molecule has 0 bridgehead atoms. The van der Waals surface area contributed by atoms with E-state index in [1.807, 2.05) is 0 Å². The molecule has 0 saturated carbocycles. The molecule has 8 heteroatoms. The molecule has 0 aliphatic rings. The van der Waals surface area contributed by atoms with Gasteiger partial charge in [0.1, 0.15) is 0 Å². The number of nitrogens with zero attached hydrogens (tertiary/aromatic N) is 1. The third-order valence-corrected chi connectivity index (χ3v) is 0.996. The Bertz CT molecular complexity index is 181. The van der Waals surface area contributed by atoms with Crippen LogP contribution >= 0.6 is 0 Å². The lowest BCUT2D eigenvalue weighted by molar-refractivity contribution is -0.490. The van der Waals surface area contributed by atoms with Crippen molar-refractivity contribution >= 4 is 6.41 Å². The average Bonchev–Trinajstić information content (AvgIpc) is 1.83. The minimum absolute atomic E-state index is 0.221. The van der Waals surface area contributed by atoms with Crippen molar-refractivity contribution in [2.24, 2.45) is 0 Å². The SMILES string of the molecule is O=CN[C@@H](C[N+](=O)[O-])C(F)(F)F. The Kier molecular flexibility index (Phi) is 3.45. The van der Waals surface area contributed by atoms with Crippen molar-refractivity contribution in [3.63, 3.8) is 0 Å². The number of carbonyl (C=O) groups is 1. The van der Waals surface area contributed by atoms with E-state index in [1.165, 1.54) is 5.32 Å². The number of hydrogen-bond donors (Lipinski definition) is 1. The van der Waals surface area contributed by atoms with Gasteiger partial charge in [0.15, 0.2) is 6.04 Å². The summed E-state index contributed by atoms with van der Waals surface area (Å²) < 4.78 is 35.2. The molecular formula is C4H5F3N2O3. The Morgan fingerprint density at radius 3 is 2.33 bits per heavy atom. The maximum Gasteiger partial charge on any atom is 0.415 e. The van der Waals surface area contributed by atoms with Crippen LogP contribution in [0.25, 0.3) is 0 Å². The molecule has 70 valence electrons. The predicted molar refractivity (Wildman–Crippen MR) is 30.9 cm³/mol. The van der Waals surface area contributed by atoms with Gasteiger partial charge in [0.05, 0.1) is 0 Å². The standard InChI is InChI=1S/C4H5F3N2O3/c5-4(6,7)3(8-2-10)1-9(11)12/h2-3H,1H2,(H,8,10)/t3-/m0/s1. The molecule has 0 saturated heterocycles. The minimum Gasteiger partial charge on any atom is -0.342 e. The second-order valence-corrected chi connectivity index (χ2v) is 1.89. The van der Waals surface area contributed by atoms with Crippen molar-refractivity contribution in [1.29, 1.82) is 0 Å². The summed E-state index contributed by atoms with van der Waals surface area (Å²) in [6.45, 7) is -1.36. The zero-order valence-electron chi connectivity index (χ0n) is 5.67. The van der Waals surface area contributed by atoms with E-state index in [0.29, 0.717) is 0 Å². The lowest BCUT2D eigenvalue weighted by atomic mass is 10.3. The summed E-state index contributed by atoms with van der Waals surface area (Å²) in [5.41, 5.74) is 0. The van der Waals surface area contributed by atoms with Gasteiger partial charge in [-0.3, -0.25) is 14.9 Å². The van der Waals surface area contributed by atoms with Crippen molar-refractivity contribution in [2.45, 2.75) is 12.2 Å². The zero-order valence-corrected chi connectivity index (χ0v) is 5.67. The van der Waals surface area contributed by atoms with E-state index in [4.69, 9.17) is 0 Å². The zero-order chi connectivity index (χ0) is 9.78. The lowest BCUT2D eigenvalue weighted by Gasteiger charge is -2.14. The normalized spacial score (nSPS) is 13.6. The highest BCUT2D eigenvalue weighted by Gasteiger charge is 2.42. The van der Waals surface area contributed by atoms with Crippen LogP contribution in [0.1, 0.15) is 0 Å². The number of nitro groups is 1. The first-order valence-electron chi connectivity index (χ1n) is 2.76. The molecule has 0 spiro atoms. The van der Waals surface area contributed by atoms with Crippen molar-refractivity contribution < 1.29 is 22.9 Å². The molecule has 12 heavy (non-hydrogen) atoms. The highest BCUT2D eigenvalue weighted by Crippen LogP contribution is 2.19. The van der Waals surface area contributed by atoms with E-state index in [2.05, 4.69) is 0 Å². The first-order valence-corrected chi connectivity index (χ1v) is 2.76. The van der Waals surface area contributed by atoms with Gasteiger partial charge in [-0.1, -0.05) is 0 Å². The Morgan fingerprint density at radius 1 is 1.58 bits per heavy atom. The molecule has 5 nitrogen and oxygen atoms in total. The first-order chi connectivity index (χ1) is 5.38. The summed E-state index contributed by atoms with van der Waals surface area (Å²) in [5.74, 6) is 0. The van der Waals surface area contributed by atoms with Gasteiger partial charge in [-0.25, -0.2) is 0 Å². The molecule has 1 amide bonds. The molecule has 0 aromatic heterocycles. The Morgan fingerprint density at radius 2 is 2.08 bits per heavy atom. The van der Waals surface area contributed by atoms with Crippen LogP contribution < -0.4 is 5.32 Å². The minimum atomic E-state index is -4.78. The number of halogens is 3. The molecule has 0 aliphatic carbocycles. The Labute approximate surface area is 64.7 Å². The maximum atomic E-state index is 11.7. The summed E-state index contributed by atoms with van der Waals surface area (Å²) in [7, 11) is 0. The number of carbonyl (C=O) groups excluding carboxylic acids is 1. The quantitative estimate of drug-likeness (QED) is 0.379. The van der Waals surface area contributed by atoms with Gasteiger partial charge in [-0.2, -0.15) is 13.2 Å². The molecule has 1 atom stereocenters. The second kappa shape index (κ2) is 3.88. The van der Waals surface area contributed by atoms with E-state index in [1.54, 1.807) is 0 Å². The van der Waals surface area contributed by atoms with Crippen LogP contribution in [0.15, 0.2) is 0 Å². The molecule has 0 aromatic carbocycles. The number of hydrogen-bond acceptors (Lipinski definition) is 3. The smallest absolute Gasteiger partial charge is 0.342 e. The summed E-state index contributed by atoms with van der Waals surface area (Å²) in [5, 5.41) is 11.0. The van der Waals surface area contributed by atoms with Crippen LogP contribution in [0, 0.1) is 10.1 Å². The molecule has 0 heterocycles. The third-order valence-electron chi connectivity index (χ3n) is 0.996. The number of alkyl halides is 3. The van der Waals surface area contributed by atoms with Gasteiger partial charge < -0.3 is 5.32 Å². The first kappa shape index (κ1) is 10.7. The predicted octanol–water partition coefficient (Wildman–Crippen LogP) is -0.0600. The highest BCUT2D eigenvalue weighted by molar-refractivity contribution is 5.46. The van der Waals surface area contributed by atoms with Crippen molar-refractivity contribution in [2.75, 3.05) is 6.54 Å². The van der Waals surface area contributed by atoms with E-state index < -0.39 is 23.7 Å². The van der Waals surface area contributed by atoms with Crippen LogP contribution in [0.3, 0.4) is 0 Å². The molecule has 0 fully saturated rings. The van der Waals surface area contributed by atoms with Crippen LogP contribution in [-0.2, 0) is 4.79 Å². The third kappa shape index (κ3) is 3.74. The van der Waals surface area contributed by atoms with Crippen molar-refractivity contribution in [3.8, 4) is 0 Å². The fourth-order valence-corrected chi connectivity index (χ4v) is 0.482. The van der Waals surface area contributed by atoms with Gasteiger partial charge in [-0.15, -0.1) is 0 Å². The van der Waals surface area contributed by atoms with Gasteiger partial charge in [0, 0.05) is 4.92 Å². The average molecular weight is 186 g/mol. The molecule has 0 rings (SSSR count). The summed E-state index contributed by atoms with van der Waals surface area (Å²) >= 11 is 0. The number of nitrogens with one attached hydrogen (secondary N) is 1. The second-order valence-electron chi connectivity index (χ2n) is 1.89. The van der Waals surface area contributed by atoms with E-state index in [-0.39, 0.29) is 6.41 Å². The maximum absolute atomic E-state index is 11.7. The topological polar surface area (TPSA) is 72.2 Å². The highest BCUT2D eigenvalue weighted by atomic mass is 19.4. The van der Waals surface area contributed by atoms with Crippen LogP contribution in [-0.4, -0.2) is 30.1 Å². The van der Waals surface area contributed by atoms with Crippen molar-refractivity contribution in [3.05, 3.63) is 10.1 Å². The molecule has 1 N–H and O–H groups in total. The Hall–Kier alpha value is -1.34. The fourth-order valence-electron chi connectivity index (χ4n) is 0.482. The van der Waals surface area contributed by atoms with E-state index in [9.17, 15) is 28.1 Å². The fraction of sp³-hybridized carbons (Fsp3) is 0.750. The summed E-state index contributed by atoms with van der Waals surface area (Å²) in [4.78, 5) is 18.1. The van der Waals surface area contributed by atoms with Crippen LogP contribution in [0.2, 0.25) is 0 Å². The van der Waals surface area contributed by atoms with E-state index in [0.717, 1.165) is 0 Å². The summed E-state index contributed by atoms with van der Waals surface area (Å²) in [6.07, 6.45) is -5.00. The van der Waals surface area contributed by atoms with E-state index >= 15 is 0 Å². The molecule has 0 aliphatic heterocycles. The number of rotatable bonds is 4. The number of amides is 1. The molecule has 0 unspecified atom stereocenters. The summed E-state index contributed by atoms with van der Waals surface area (Å²) in [6, 6.07) is -2.41. The van der Waals surface area contributed by atoms with Gasteiger partial charge in [0.25, 0.3) is 0 Å². The molecule has 0 radical (unpaired) electrons. The van der Waals surface area contributed by atoms with Gasteiger partial charge in [0.2, 0.25) is 13.0 Å². The van der Waals surface area contributed by atoms with Gasteiger partial charge in [-0.05, 0) is 0 Å². The monoisotopic (exact) mass is 186 g/mol. The van der Waals surface area contributed by atoms with Crippen LogP contribution in [0.4, 0.5) is 13.2 Å². The Balaban J connectivity index is 4.22. The van der Waals surface area contributed by atoms with Crippen molar-refractivity contribution in [1.82, 2.24) is 5.32 Å². The molecular weight excluding hydrogens is 181 g/mol. The van der Waals surface area contributed by atoms with Crippen LogP contribution in [0.5, 0.6) is 0 Å². The molecule has 0 aromatic rings. The van der Waals surface area contributed by atoms with Gasteiger partial charge >= 0.3 is 6.18 Å².